The fraction of sp³-hybridized carbons (Fsp3) is 0.818. The average molecular weight is 231 g/mol. The van der Waals surface area contributed by atoms with Crippen LogP contribution in [0.1, 0.15) is 33.1 Å². The molecule has 0 aromatic rings. The van der Waals surface area contributed by atoms with Crippen LogP contribution >= 0.6 is 0 Å². The van der Waals surface area contributed by atoms with Gasteiger partial charge in [0.1, 0.15) is 0 Å². The zero-order valence-electron chi connectivity index (χ0n) is 9.79. The van der Waals surface area contributed by atoms with Crippen LogP contribution in [0.4, 0.5) is 0 Å². The minimum Gasteiger partial charge on any atom is -0.309 e. The molecule has 1 N–H and O–H groups in total. The maximum absolute atomic E-state index is 11.5. The molecule has 88 valence electrons. The maximum Gasteiger partial charge on any atom is 0.151 e. The summed E-state index contributed by atoms with van der Waals surface area (Å²) in [6, 6.07) is 0.149. The molecule has 0 aromatic carbocycles. The first-order valence-corrected chi connectivity index (χ1v) is 7.42. The second-order valence-electron chi connectivity index (χ2n) is 4.60. The van der Waals surface area contributed by atoms with E-state index in [0.717, 1.165) is 25.8 Å². The van der Waals surface area contributed by atoms with E-state index >= 15 is 0 Å². The largest absolute Gasteiger partial charge is 0.309 e. The molecule has 0 spiro atoms. The van der Waals surface area contributed by atoms with E-state index in [-0.39, 0.29) is 11.3 Å². The summed E-state index contributed by atoms with van der Waals surface area (Å²) in [5.74, 6) is 0. The molecule has 3 nitrogen and oxygen atoms in total. The molecule has 0 radical (unpaired) electrons. The monoisotopic (exact) mass is 231 g/mol. The number of hydrogen-bond acceptors (Lipinski definition) is 3. The summed E-state index contributed by atoms with van der Waals surface area (Å²) in [5, 5.41) is 3.14. The van der Waals surface area contributed by atoms with E-state index < -0.39 is 9.84 Å². The standard InChI is InChI=1S/C11H21NO2S/c1-9(2)7-8-12-10-5-4-6-11(10)15(3,13)14/h7,10-12H,4-6,8H2,1-3H3. The molecule has 1 aliphatic carbocycles. The zero-order valence-corrected chi connectivity index (χ0v) is 10.6. The van der Waals surface area contributed by atoms with Crippen molar-refractivity contribution in [2.75, 3.05) is 12.8 Å². The molecule has 1 saturated carbocycles. The lowest BCUT2D eigenvalue weighted by atomic mass is 10.2. The minimum absolute atomic E-state index is 0.149. The molecule has 0 aliphatic heterocycles. The average Bonchev–Trinajstić information content (AvgIpc) is 2.50. The fourth-order valence-electron chi connectivity index (χ4n) is 2.09. The first-order valence-electron chi connectivity index (χ1n) is 5.47. The molecule has 2 atom stereocenters. The third kappa shape index (κ3) is 3.95. The van der Waals surface area contributed by atoms with Gasteiger partial charge in [0.15, 0.2) is 9.84 Å². The first-order chi connectivity index (χ1) is 6.91. The van der Waals surface area contributed by atoms with Crippen LogP contribution in [0.3, 0.4) is 0 Å². The molecule has 1 aliphatic rings. The number of hydrogen-bond donors (Lipinski definition) is 1. The van der Waals surface area contributed by atoms with Crippen molar-refractivity contribution in [1.82, 2.24) is 5.32 Å². The summed E-state index contributed by atoms with van der Waals surface area (Å²) in [6.07, 6.45) is 6.25. The Morgan fingerprint density at radius 1 is 1.40 bits per heavy atom. The Morgan fingerprint density at radius 3 is 2.60 bits per heavy atom. The van der Waals surface area contributed by atoms with Crippen LogP contribution in [-0.4, -0.2) is 32.5 Å². The molecule has 1 rings (SSSR count). The third-order valence-electron chi connectivity index (χ3n) is 2.89. The Bertz CT molecular complexity index is 328. The van der Waals surface area contributed by atoms with Crippen molar-refractivity contribution >= 4 is 9.84 Å². The molecule has 0 saturated heterocycles. The van der Waals surface area contributed by atoms with Crippen molar-refractivity contribution in [2.24, 2.45) is 0 Å². The fourth-order valence-corrected chi connectivity index (χ4v) is 3.51. The lowest BCUT2D eigenvalue weighted by molar-refractivity contribution is 0.528. The van der Waals surface area contributed by atoms with Gasteiger partial charge in [0.2, 0.25) is 0 Å². The summed E-state index contributed by atoms with van der Waals surface area (Å²) in [7, 11) is -2.89. The second-order valence-corrected chi connectivity index (χ2v) is 6.86. The highest BCUT2D eigenvalue weighted by atomic mass is 32.2. The van der Waals surface area contributed by atoms with Gasteiger partial charge in [-0.25, -0.2) is 8.42 Å². The van der Waals surface area contributed by atoms with Crippen molar-refractivity contribution in [1.29, 1.82) is 0 Å². The lowest BCUT2D eigenvalue weighted by Gasteiger charge is -2.18. The van der Waals surface area contributed by atoms with Gasteiger partial charge in [-0.05, 0) is 26.7 Å². The van der Waals surface area contributed by atoms with Crippen molar-refractivity contribution in [3.8, 4) is 0 Å². The quantitative estimate of drug-likeness (QED) is 0.746. The molecule has 2 unspecified atom stereocenters. The van der Waals surface area contributed by atoms with Gasteiger partial charge in [-0.15, -0.1) is 0 Å². The summed E-state index contributed by atoms with van der Waals surface area (Å²) >= 11 is 0. The van der Waals surface area contributed by atoms with Crippen LogP contribution in [0.2, 0.25) is 0 Å². The summed E-state index contributed by atoms with van der Waals surface area (Å²) < 4.78 is 23.0. The zero-order chi connectivity index (χ0) is 11.5. The van der Waals surface area contributed by atoms with E-state index in [2.05, 4.69) is 11.4 Å². The van der Waals surface area contributed by atoms with Crippen LogP contribution in [0, 0.1) is 0 Å². The minimum atomic E-state index is -2.89. The van der Waals surface area contributed by atoms with E-state index in [9.17, 15) is 8.42 Å². The molecule has 0 aromatic heterocycles. The Balaban J connectivity index is 2.51. The summed E-state index contributed by atoms with van der Waals surface area (Å²) in [5.41, 5.74) is 1.26. The maximum atomic E-state index is 11.5. The van der Waals surface area contributed by atoms with Gasteiger partial charge in [0.25, 0.3) is 0 Å². The molecule has 4 heteroatoms. The Morgan fingerprint density at radius 2 is 2.07 bits per heavy atom. The lowest BCUT2D eigenvalue weighted by Crippen LogP contribution is -2.40. The van der Waals surface area contributed by atoms with Crippen LogP contribution in [0.15, 0.2) is 11.6 Å². The summed E-state index contributed by atoms with van der Waals surface area (Å²) in [4.78, 5) is 0. The SMILES string of the molecule is CC(C)=CCNC1CCCC1S(C)(=O)=O. The van der Waals surface area contributed by atoms with Crippen molar-refractivity contribution in [3.63, 3.8) is 0 Å². The molecule has 1 fully saturated rings. The Hall–Kier alpha value is -0.350. The van der Waals surface area contributed by atoms with Gasteiger partial charge in [-0.3, -0.25) is 0 Å². The van der Waals surface area contributed by atoms with Crippen molar-refractivity contribution in [2.45, 2.75) is 44.4 Å². The van der Waals surface area contributed by atoms with Crippen LogP contribution in [-0.2, 0) is 9.84 Å². The van der Waals surface area contributed by atoms with E-state index in [1.54, 1.807) is 0 Å². The van der Waals surface area contributed by atoms with E-state index in [4.69, 9.17) is 0 Å². The number of sulfone groups is 1. The highest BCUT2D eigenvalue weighted by molar-refractivity contribution is 7.91. The molecule has 0 amide bonds. The highest BCUT2D eigenvalue weighted by Crippen LogP contribution is 2.24. The third-order valence-corrected chi connectivity index (χ3v) is 4.56. The Kier molecular flexibility index (Phi) is 4.34. The van der Waals surface area contributed by atoms with Crippen molar-refractivity contribution in [3.05, 3.63) is 11.6 Å². The highest BCUT2D eigenvalue weighted by Gasteiger charge is 2.33. The predicted octanol–water partition coefficient (Wildman–Crippen LogP) is 1.51. The van der Waals surface area contributed by atoms with Gasteiger partial charge < -0.3 is 5.32 Å². The normalized spacial score (nSPS) is 26.6. The van der Waals surface area contributed by atoms with Gasteiger partial charge >= 0.3 is 0 Å². The Labute approximate surface area is 92.9 Å². The van der Waals surface area contributed by atoms with E-state index in [0.29, 0.717) is 0 Å². The van der Waals surface area contributed by atoms with Crippen LogP contribution in [0.25, 0.3) is 0 Å². The van der Waals surface area contributed by atoms with Gasteiger partial charge in [-0.1, -0.05) is 18.1 Å². The molecule has 15 heavy (non-hydrogen) atoms. The smallest absolute Gasteiger partial charge is 0.151 e. The number of allylic oxidation sites excluding steroid dienone is 1. The molecule has 0 bridgehead atoms. The van der Waals surface area contributed by atoms with Gasteiger partial charge in [0, 0.05) is 18.8 Å². The van der Waals surface area contributed by atoms with Crippen LogP contribution in [0.5, 0.6) is 0 Å². The number of rotatable bonds is 4. The topological polar surface area (TPSA) is 46.2 Å². The first kappa shape index (κ1) is 12.7. The second kappa shape index (κ2) is 5.12. The number of nitrogens with one attached hydrogen (secondary N) is 1. The molecule has 0 heterocycles. The van der Waals surface area contributed by atoms with E-state index in [1.807, 2.05) is 13.8 Å². The summed E-state index contributed by atoms with van der Waals surface area (Å²) in [6.45, 7) is 4.87. The predicted molar refractivity (Wildman–Crippen MR) is 63.7 cm³/mol. The van der Waals surface area contributed by atoms with Crippen molar-refractivity contribution < 1.29 is 8.42 Å². The molecular formula is C11H21NO2S. The molecular weight excluding hydrogens is 210 g/mol. The van der Waals surface area contributed by atoms with E-state index in [1.165, 1.54) is 11.8 Å². The van der Waals surface area contributed by atoms with Crippen LogP contribution < -0.4 is 5.32 Å². The van der Waals surface area contributed by atoms with Gasteiger partial charge in [0.05, 0.1) is 5.25 Å². The van der Waals surface area contributed by atoms with Gasteiger partial charge in [-0.2, -0.15) is 0 Å².